The molecule has 4 heteroatoms. The van der Waals surface area contributed by atoms with Crippen molar-refractivity contribution in [1.82, 2.24) is 4.90 Å². The summed E-state index contributed by atoms with van der Waals surface area (Å²) in [4.78, 5) is 2.07. The van der Waals surface area contributed by atoms with E-state index in [1.807, 2.05) is 50.5 Å². The Labute approximate surface area is 128 Å². The van der Waals surface area contributed by atoms with Crippen molar-refractivity contribution in [3.63, 3.8) is 0 Å². The third-order valence-electron chi connectivity index (χ3n) is 3.24. The van der Waals surface area contributed by atoms with Crippen molar-refractivity contribution in [2.24, 2.45) is 0 Å². The Morgan fingerprint density at radius 3 is 2.14 bits per heavy atom. The molecule has 0 heterocycles. The molecule has 0 bridgehead atoms. The van der Waals surface area contributed by atoms with Gasteiger partial charge in [-0.15, -0.1) is 0 Å². The summed E-state index contributed by atoms with van der Waals surface area (Å²) in [5, 5.41) is 0. The molecule has 0 amide bonds. The molecule has 0 aliphatic rings. The Morgan fingerprint density at radius 1 is 0.909 bits per heavy atom. The van der Waals surface area contributed by atoms with Gasteiger partial charge in [-0.25, -0.2) is 0 Å². The maximum absolute atomic E-state index is 12.5. The van der Waals surface area contributed by atoms with E-state index in [1.54, 1.807) is 0 Å². The van der Waals surface area contributed by atoms with E-state index >= 15 is 0 Å². The van der Waals surface area contributed by atoms with Crippen LogP contribution in [-0.2, 0) is 12.7 Å². The van der Waals surface area contributed by atoms with Gasteiger partial charge in [-0.2, -0.15) is 13.2 Å². The predicted molar refractivity (Wildman–Crippen MR) is 84.2 cm³/mol. The number of nitrogens with zero attached hydrogens (tertiary/aromatic N) is 1. The molecule has 0 N–H and O–H groups in total. The second-order valence-corrected chi connectivity index (χ2v) is 5.39. The summed E-state index contributed by atoms with van der Waals surface area (Å²) in [6, 6.07) is 13.1. The lowest BCUT2D eigenvalue weighted by molar-refractivity contribution is -0.137. The van der Waals surface area contributed by atoms with E-state index in [9.17, 15) is 13.2 Å². The zero-order chi connectivity index (χ0) is 16.2. The second-order valence-electron chi connectivity index (χ2n) is 5.39. The molecule has 0 spiro atoms. The molecule has 0 aliphatic heterocycles. The summed E-state index contributed by atoms with van der Waals surface area (Å²) in [6.07, 6.45) is -0.531. The van der Waals surface area contributed by atoms with E-state index in [0.717, 1.165) is 29.8 Å². The van der Waals surface area contributed by atoms with Crippen LogP contribution in [0.3, 0.4) is 0 Å². The molecule has 0 atom stereocenters. The fraction of sp³-hybridized carbons (Fsp3) is 0.222. The molecule has 0 saturated heterocycles. The van der Waals surface area contributed by atoms with Crippen molar-refractivity contribution in [2.75, 3.05) is 14.1 Å². The molecule has 0 saturated carbocycles. The highest BCUT2D eigenvalue weighted by Gasteiger charge is 2.29. The molecule has 0 aliphatic carbocycles. The van der Waals surface area contributed by atoms with Gasteiger partial charge in [-0.3, -0.25) is 0 Å². The van der Waals surface area contributed by atoms with Gasteiger partial charge in [0, 0.05) is 6.54 Å². The van der Waals surface area contributed by atoms with Crippen LogP contribution in [0.4, 0.5) is 13.2 Å². The molecular weight excluding hydrogens is 287 g/mol. The van der Waals surface area contributed by atoms with E-state index in [0.29, 0.717) is 0 Å². The molecule has 0 fully saturated rings. The van der Waals surface area contributed by atoms with Gasteiger partial charge < -0.3 is 4.90 Å². The minimum Gasteiger partial charge on any atom is -0.305 e. The zero-order valence-electron chi connectivity index (χ0n) is 12.6. The summed E-state index contributed by atoms with van der Waals surface area (Å²) in [7, 11) is 3.99. The Balaban J connectivity index is 2.19. The highest BCUT2D eigenvalue weighted by Crippen LogP contribution is 2.29. The standard InChI is InChI=1S/C18H18F3N/c1-22(2)13-16-6-4-3-5-15(16)10-7-14-8-11-17(12-9-14)18(19,20)21/h3-12H,13H2,1-2H3/b10-7+. The van der Waals surface area contributed by atoms with Crippen molar-refractivity contribution >= 4 is 12.2 Å². The summed E-state index contributed by atoms with van der Waals surface area (Å²) >= 11 is 0. The third-order valence-corrected chi connectivity index (χ3v) is 3.24. The number of rotatable bonds is 4. The number of benzene rings is 2. The topological polar surface area (TPSA) is 3.24 Å². The lowest BCUT2D eigenvalue weighted by Gasteiger charge is -2.12. The SMILES string of the molecule is CN(C)Cc1ccccc1/C=C/c1ccc(C(F)(F)F)cc1. The van der Waals surface area contributed by atoms with E-state index < -0.39 is 11.7 Å². The predicted octanol–water partition coefficient (Wildman–Crippen LogP) is 4.94. The van der Waals surface area contributed by atoms with Crippen LogP contribution in [-0.4, -0.2) is 19.0 Å². The second kappa shape index (κ2) is 6.79. The van der Waals surface area contributed by atoms with Crippen LogP contribution in [0.2, 0.25) is 0 Å². The molecule has 2 aromatic rings. The van der Waals surface area contributed by atoms with Gasteiger partial charge in [0.1, 0.15) is 0 Å². The summed E-state index contributed by atoms with van der Waals surface area (Å²) in [5.41, 5.74) is 2.36. The van der Waals surface area contributed by atoms with Crippen molar-refractivity contribution in [2.45, 2.75) is 12.7 Å². The molecule has 0 radical (unpaired) electrons. The lowest BCUT2D eigenvalue weighted by Crippen LogP contribution is -2.11. The average Bonchev–Trinajstić information content (AvgIpc) is 2.45. The Hall–Kier alpha value is -2.07. The number of alkyl halides is 3. The average molecular weight is 305 g/mol. The van der Waals surface area contributed by atoms with Crippen molar-refractivity contribution < 1.29 is 13.2 Å². The quantitative estimate of drug-likeness (QED) is 0.723. The Morgan fingerprint density at radius 2 is 1.55 bits per heavy atom. The Bertz CT molecular complexity index is 640. The maximum Gasteiger partial charge on any atom is 0.416 e. The first-order chi connectivity index (χ1) is 10.4. The first-order valence-corrected chi connectivity index (χ1v) is 6.94. The van der Waals surface area contributed by atoms with Crippen LogP contribution in [0.15, 0.2) is 48.5 Å². The molecule has 0 unspecified atom stereocenters. The van der Waals surface area contributed by atoms with Gasteiger partial charge in [-0.05, 0) is 42.9 Å². The van der Waals surface area contributed by atoms with E-state index in [1.165, 1.54) is 17.7 Å². The van der Waals surface area contributed by atoms with Gasteiger partial charge in [0.25, 0.3) is 0 Å². The smallest absolute Gasteiger partial charge is 0.305 e. The highest BCUT2D eigenvalue weighted by molar-refractivity contribution is 5.71. The van der Waals surface area contributed by atoms with Gasteiger partial charge in [-0.1, -0.05) is 48.6 Å². The monoisotopic (exact) mass is 305 g/mol. The summed E-state index contributed by atoms with van der Waals surface area (Å²) < 4.78 is 37.6. The van der Waals surface area contributed by atoms with Gasteiger partial charge in [0.15, 0.2) is 0 Å². The fourth-order valence-corrected chi connectivity index (χ4v) is 2.15. The van der Waals surface area contributed by atoms with Gasteiger partial charge in [0.2, 0.25) is 0 Å². The van der Waals surface area contributed by atoms with Gasteiger partial charge >= 0.3 is 6.18 Å². The van der Waals surface area contributed by atoms with E-state index in [4.69, 9.17) is 0 Å². The lowest BCUT2D eigenvalue weighted by atomic mass is 10.0. The van der Waals surface area contributed by atoms with Crippen LogP contribution in [0.1, 0.15) is 22.3 Å². The minimum atomic E-state index is -4.29. The van der Waals surface area contributed by atoms with E-state index in [-0.39, 0.29) is 0 Å². The van der Waals surface area contributed by atoms with Crippen molar-refractivity contribution in [1.29, 1.82) is 0 Å². The largest absolute Gasteiger partial charge is 0.416 e. The van der Waals surface area contributed by atoms with Crippen molar-refractivity contribution in [3.05, 3.63) is 70.8 Å². The molecule has 1 nitrogen and oxygen atoms in total. The summed E-state index contributed by atoms with van der Waals surface area (Å²) in [6.45, 7) is 0.813. The molecule has 22 heavy (non-hydrogen) atoms. The van der Waals surface area contributed by atoms with Crippen molar-refractivity contribution in [3.8, 4) is 0 Å². The van der Waals surface area contributed by atoms with E-state index in [2.05, 4.69) is 4.90 Å². The zero-order valence-corrected chi connectivity index (χ0v) is 12.6. The normalized spacial score (nSPS) is 12.3. The molecular formula is C18H18F3N. The maximum atomic E-state index is 12.5. The molecule has 2 rings (SSSR count). The Kier molecular flexibility index (Phi) is 5.03. The molecule has 2 aromatic carbocycles. The third kappa shape index (κ3) is 4.46. The van der Waals surface area contributed by atoms with Crippen LogP contribution < -0.4 is 0 Å². The number of hydrogen-bond donors (Lipinski definition) is 0. The first kappa shape index (κ1) is 16.3. The van der Waals surface area contributed by atoms with Crippen LogP contribution in [0.5, 0.6) is 0 Å². The van der Waals surface area contributed by atoms with Crippen LogP contribution in [0, 0.1) is 0 Å². The fourth-order valence-electron chi connectivity index (χ4n) is 2.15. The first-order valence-electron chi connectivity index (χ1n) is 6.94. The summed E-state index contributed by atoms with van der Waals surface area (Å²) in [5.74, 6) is 0. The van der Waals surface area contributed by atoms with Crippen LogP contribution >= 0.6 is 0 Å². The van der Waals surface area contributed by atoms with Crippen LogP contribution in [0.25, 0.3) is 12.2 Å². The minimum absolute atomic E-state index is 0.627. The number of halogens is 3. The van der Waals surface area contributed by atoms with Gasteiger partial charge in [0.05, 0.1) is 5.56 Å². The molecule has 116 valence electrons. The molecule has 0 aromatic heterocycles. The highest BCUT2D eigenvalue weighted by atomic mass is 19.4. The number of hydrogen-bond acceptors (Lipinski definition) is 1.